The lowest BCUT2D eigenvalue weighted by atomic mass is 9.86. The summed E-state index contributed by atoms with van der Waals surface area (Å²) in [6, 6.07) is 0. The molecule has 0 aliphatic rings. The Morgan fingerprint density at radius 3 is 1.88 bits per heavy atom. The minimum absolute atomic E-state index is 0.111. The van der Waals surface area contributed by atoms with Crippen LogP contribution in [0.2, 0.25) is 0 Å². The minimum Gasteiger partial charge on any atom is -0.449 e. The number of aliphatic hydroxyl groups excluding tert-OH is 1. The second-order valence-corrected chi connectivity index (χ2v) is 3.62. The van der Waals surface area contributed by atoms with Crippen LogP contribution in [-0.4, -0.2) is 37.1 Å². The molecule has 0 spiro atoms. The van der Waals surface area contributed by atoms with Crippen molar-refractivity contribution in [1.29, 1.82) is 0 Å². The standard InChI is InChI=1S/C9H18N2O5/c1-2-3-9(4-12,5-15-7(10)13)6-16-8(11)14/h12H,2-6H2,1H3,(H2,10,13)(H2,11,14). The number of primary amides is 2. The molecule has 0 unspecified atom stereocenters. The van der Waals surface area contributed by atoms with Crippen molar-refractivity contribution in [2.24, 2.45) is 16.9 Å². The maximum Gasteiger partial charge on any atom is 0.404 e. The molecule has 0 fully saturated rings. The van der Waals surface area contributed by atoms with Crippen LogP contribution in [0.4, 0.5) is 9.59 Å². The Balaban J connectivity index is 4.42. The summed E-state index contributed by atoms with van der Waals surface area (Å²) in [5, 5.41) is 9.27. The molecule has 0 rings (SSSR count). The molecule has 0 aliphatic carbocycles. The molecule has 5 N–H and O–H groups in total. The van der Waals surface area contributed by atoms with Crippen molar-refractivity contribution < 1.29 is 24.2 Å². The van der Waals surface area contributed by atoms with Gasteiger partial charge in [0.05, 0.1) is 12.0 Å². The molecule has 16 heavy (non-hydrogen) atoms. The first-order valence-electron chi connectivity index (χ1n) is 4.91. The highest BCUT2D eigenvalue weighted by Gasteiger charge is 2.32. The number of nitrogens with two attached hydrogens (primary N) is 2. The van der Waals surface area contributed by atoms with E-state index in [2.05, 4.69) is 9.47 Å². The van der Waals surface area contributed by atoms with Gasteiger partial charge in [0.2, 0.25) is 0 Å². The Morgan fingerprint density at radius 1 is 1.19 bits per heavy atom. The third-order valence-corrected chi connectivity index (χ3v) is 2.16. The average Bonchev–Trinajstić information content (AvgIpc) is 2.22. The predicted molar refractivity (Wildman–Crippen MR) is 55.5 cm³/mol. The van der Waals surface area contributed by atoms with Gasteiger partial charge >= 0.3 is 12.2 Å². The summed E-state index contributed by atoms with van der Waals surface area (Å²) in [7, 11) is 0. The molecule has 7 nitrogen and oxygen atoms in total. The number of aliphatic hydroxyl groups is 1. The monoisotopic (exact) mass is 234 g/mol. The van der Waals surface area contributed by atoms with Crippen molar-refractivity contribution in [1.82, 2.24) is 0 Å². The number of ether oxygens (including phenoxy) is 2. The van der Waals surface area contributed by atoms with Gasteiger partial charge in [-0.25, -0.2) is 9.59 Å². The molecule has 0 saturated carbocycles. The highest BCUT2D eigenvalue weighted by atomic mass is 16.6. The molecule has 0 heterocycles. The number of hydrogen-bond acceptors (Lipinski definition) is 5. The average molecular weight is 234 g/mol. The van der Waals surface area contributed by atoms with Gasteiger partial charge in [0.25, 0.3) is 0 Å². The summed E-state index contributed by atoms with van der Waals surface area (Å²) in [6.07, 6.45) is -0.629. The van der Waals surface area contributed by atoms with Crippen LogP contribution in [0.5, 0.6) is 0 Å². The summed E-state index contributed by atoms with van der Waals surface area (Å²) < 4.78 is 9.26. The van der Waals surface area contributed by atoms with Crippen molar-refractivity contribution in [3.8, 4) is 0 Å². The van der Waals surface area contributed by atoms with Gasteiger partial charge in [0.15, 0.2) is 0 Å². The van der Waals surface area contributed by atoms with Crippen LogP contribution in [0.25, 0.3) is 0 Å². The topological polar surface area (TPSA) is 125 Å². The Labute approximate surface area is 93.7 Å². The lowest BCUT2D eigenvalue weighted by Crippen LogP contribution is -2.39. The molecule has 0 saturated heterocycles. The molecule has 0 aliphatic heterocycles. The first kappa shape index (κ1) is 14.5. The Hall–Kier alpha value is -1.50. The SMILES string of the molecule is CCCC(CO)(COC(N)=O)COC(N)=O. The van der Waals surface area contributed by atoms with Crippen LogP contribution < -0.4 is 11.5 Å². The van der Waals surface area contributed by atoms with Gasteiger partial charge in [0.1, 0.15) is 13.2 Å². The summed E-state index contributed by atoms with van der Waals surface area (Å²) >= 11 is 0. The molecule has 0 aromatic rings. The lowest BCUT2D eigenvalue weighted by Gasteiger charge is -2.29. The molecule has 7 heteroatoms. The zero-order valence-electron chi connectivity index (χ0n) is 9.27. The number of hydrogen-bond donors (Lipinski definition) is 3. The van der Waals surface area contributed by atoms with Crippen LogP contribution in [0.15, 0.2) is 0 Å². The molecule has 94 valence electrons. The van der Waals surface area contributed by atoms with E-state index in [0.29, 0.717) is 6.42 Å². The second kappa shape index (κ2) is 6.89. The largest absolute Gasteiger partial charge is 0.449 e. The van der Waals surface area contributed by atoms with Gasteiger partial charge in [0, 0.05) is 0 Å². The molecule has 0 aromatic heterocycles. The highest BCUT2D eigenvalue weighted by molar-refractivity contribution is 5.65. The van der Waals surface area contributed by atoms with E-state index >= 15 is 0 Å². The van der Waals surface area contributed by atoms with Crippen molar-refractivity contribution >= 4 is 12.2 Å². The second-order valence-electron chi connectivity index (χ2n) is 3.62. The molecular formula is C9H18N2O5. The van der Waals surface area contributed by atoms with Crippen LogP contribution in [0, 0.1) is 5.41 Å². The van der Waals surface area contributed by atoms with E-state index in [1.165, 1.54) is 0 Å². The van der Waals surface area contributed by atoms with E-state index in [9.17, 15) is 14.7 Å². The summed E-state index contributed by atoms with van der Waals surface area (Å²) in [5.41, 5.74) is 8.83. The zero-order valence-corrected chi connectivity index (χ0v) is 9.27. The van der Waals surface area contributed by atoms with E-state index in [1.807, 2.05) is 6.92 Å². The smallest absolute Gasteiger partial charge is 0.404 e. The maximum atomic E-state index is 10.5. The summed E-state index contributed by atoms with van der Waals surface area (Å²) in [5.74, 6) is 0. The van der Waals surface area contributed by atoms with Crippen molar-refractivity contribution in [2.45, 2.75) is 19.8 Å². The molecule has 0 bridgehead atoms. The Kier molecular flexibility index (Phi) is 6.24. The third-order valence-electron chi connectivity index (χ3n) is 2.16. The van der Waals surface area contributed by atoms with E-state index in [1.54, 1.807) is 0 Å². The first-order chi connectivity index (χ1) is 7.45. The summed E-state index contributed by atoms with van der Waals surface area (Å²) in [6.45, 7) is 1.38. The van der Waals surface area contributed by atoms with Gasteiger partial charge in [-0.1, -0.05) is 13.3 Å². The molecule has 0 atom stereocenters. The van der Waals surface area contributed by atoms with Gasteiger partial charge < -0.3 is 26.0 Å². The molecule has 0 radical (unpaired) electrons. The highest BCUT2D eigenvalue weighted by Crippen LogP contribution is 2.24. The molecule has 2 amide bonds. The Bertz CT molecular complexity index is 226. The molecular weight excluding hydrogens is 216 g/mol. The predicted octanol–water partition coefficient (Wildman–Crippen LogP) is -0.0442. The minimum atomic E-state index is -0.937. The van der Waals surface area contributed by atoms with E-state index in [0.717, 1.165) is 6.42 Å². The van der Waals surface area contributed by atoms with E-state index in [-0.39, 0.29) is 19.8 Å². The number of carbonyl (C=O) groups is 2. The van der Waals surface area contributed by atoms with Gasteiger partial charge in [-0.15, -0.1) is 0 Å². The lowest BCUT2D eigenvalue weighted by molar-refractivity contribution is -0.0118. The fourth-order valence-corrected chi connectivity index (χ4v) is 1.34. The Morgan fingerprint density at radius 2 is 1.62 bits per heavy atom. The summed E-state index contributed by atoms with van der Waals surface area (Å²) in [4.78, 5) is 21.0. The molecule has 0 aromatic carbocycles. The van der Waals surface area contributed by atoms with Gasteiger partial charge in [-0.05, 0) is 6.42 Å². The number of amides is 2. The normalized spacial score (nSPS) is 10.9. The zero-order chi connectivity index (χ0) is 12.6. The van der Waals surface area contributed by atoms with Gasteiger partial charge in [-0.2, -0.15) is 0 Å². The van der Waals surface area contributed by atoms with E-state index in [4.69, 9.17) is 11.5 Å². The van der Waals surface area contributed by atoms with E-state index < -0.39 is 17.6 Å². The first-order valence-corrected chi connectivity index (χ1v) is 4.91. The number of rotatable bonds is 7. The van der Waals surface area contributed by atoms with Gasteiger partial charge in [-0.3, -0.25) is 0 Å². The fourth-order valence-electron chi connectivity index (χ4n) is 1.34. The van der Waals surface area contributed by atoms with Crippen molar-refractivity contribution in [2.75, 3.05) is 19.8 Å². The van der Waals surface area contributed by atoms with Crippen LogP contribution in [0.1, 0.15) is 19.8 Å². The maximum absolute atomic E-state index is 10.5. The third kappa shape index (κ3) is 5.40. The van der Waals surface area contributed by atoms with Crippen LogP contribution in [-0.2, 0) is 9.47 Å². The van der Waals surface area contributed by atoms with Crippen molar-refractivity contribution in [3.63, 3.8) is 0 Å². The quantitative estimate of drug-likeness (QED) is 0.569. The van der Waals surface area contributed by atoms with Crippen LogP contribution >= 0.6 is 0 Å². The van der Waals surface area contributed by atoms with Crippen LogP contribution in [0.3, 0.4) is 0 Å². The fraction of sp³-hybridized carbons (Fsp3) is 0.778. The number of carbonyl (C=O) groups excluding carboxylic acids is 2. The van der Waals surface area contributed by atoms with Crippen molar-refractivity contribution in [3.05, 3.63) is 0 Å².